The van der Waals surface area contributed by atoms with E-state index in [2.05, 4.69) is 21.2 Å². The van der Waals surface area contributed by atoms with Gasteiger partial charge in [-0.3, -0.25) is 4.79 Å². The van der Waals surface area contributed by atoms with Crippen LogP contribution in [0.4, 0.5) is 5.69 Å². The highest BCUT2D eigenvalue weighted by molar-refractivity contribution is 9.10. The van der Waals surface area contributed by atoms with Crippen LogP contribution in [-0.4, -0.2) is 50.7 Å². The average molecular weight is 419 g/mol. The number of anilines is 1. The van der Waals surface area contributed by atoms with Crippen LogP contribution in [0.3, 0.4) is 0 Å². The molecule has 24 heavy (non-hydrogen) atoms. The number of nitrogens with one attached hydrogen (secondary N) is 1. The summed E-state index contributed by atoms with van der Waals surface area (Å²) in [5, 5.41) is 2.75. The third-order valence-corrected chi connectivity index (χ3v) is 6.34. The smallest absolute Gasteiger partial charge is 0.239 e. The molecular formula is C16H23BrN2O4S. The third-order valence-electron chi connectivity index (χ3n) is 3.97. The molecule has 0 radical (unpaired) electrons. The van der Waals surface area contributed by atoms with Gasteiger partial charge in [0.2, 0.25) is 15.9 Å². The van der Waals surface area contributed by atoms with Crippen LogP contribution in [0.1, 0.15) is 24.8 Å². The summed E-state index contributed by atoms with van der Waals surface area (Å²) >= 11 is 3.36. The molecular weight excluding hydrogens is 396 g/mol. The molecule has 1 aromatic rings. The van der Waals surface area contributed by atoms with Gasteiger partial charge in [0, 0.05) is 23.8 Å². The zero-order chi connectivity index (χ0) is 17.7. The maximum absolute atomic E-state index is 12.4. The average Bonchev–Trinajstić information content (AvgIpc) is 2.50. The Morgan fingerprint density at radius 2 is 2.17 bits per heavy atom. The quantitative estimate of drug-likeness (QED) is 0.769. The number of halogens is 1. The topological polar surface area (TPSA) is 75.7 Å². The molecule has 1 fully saturated rings. The second-order valence-corrected chi connectivity index (χ2v) is 9.07. The number of carbonyl (C=O) groups excluding carboxylic acids is 1. The van der Waals surface area contributed by atoms with E-state index in [1.54, 1.807) is 6.07 Å². The van der Waals surface area contributed by atoms with E-state index in [1.165, 1.54) is 7.05 Å². The van der Waals surface area contributed by atoms with Crippen LogP contribution in [-0.2, 0) is 19.6 Å². The van der Waals surface area contributed by atoms with E-state index < -0.39 is 10.0 Å². The number of carbonyl (C=O) groups is 1. The number of aryl methyl sites for hydroxylation is 1. The first kappa shape index (κ1) is 19.4. The fourth-order valence-corrected chi connectivity index (χ4v) is 4.34. The molecule has 0 aliphatic carbocycles. The van der Waals surface area contributed by atoms with Gasteiger partial charge in [-0.2, -0.15) is 4.31 Å². The second kappa shape index (κ2) is 8.42. The summed E-state index contributed by atoms with van der Waals surface area (Å²) in [6, 6.07) is 5.49. The van der Waals surface area contributed by atoms with Crippen LogP contribution in [0.2, 0.25) is 0 Å². The molecule has 1 heterocycles. The lowest BCUT2D eigenvalue weighted by Crippen LogP contribution is -2.40. The summed E-state index contributed by atoms with van der Waals surface area (Å²) in [5.41, 5.74) is 1.57. The predicted molar refractivity (Wildman–Crippen MR) is 97.5 cm³/mol. The highest BCUT2D eigenvalue weighted by atomic mass is 79.9. The van der Waals surface area contributed by atoms with Crippen molar-refractivity contribution in [1.82, 2.24) is 4.31 Å². The van der Waals surface area contributed by atoms with Gasteiger partial charge in [0.15, 0.2) is 0 Å². The van der Waals surface area contributed by atoms with Gasteiger partial charge in [-0.25, -0.2) is 8.42 Å². The molecule has 1 amide bonds. The van der Waals surface area contributed by atoms with E-state index >= 15 is 0 Å². The highest BCUT2D eigenvalue weighted by Crippen LogP contribution is 2.20. The van der Waals surface area contributed by atoms with Crippen LogP contribution >= 0.6 is 15.9 Å². The lowest BCUT2D eigenvalue weighted by atomic mass is 10.1. The van der Waals surface area contributed by atoms with Gasteiger partial charge in [-0.1, -0.05) is 15.9 Å². The Morgan fingerprint density at radius 3 is 2.79 bits per heavy atom. The minimum absolute atomic E-state index is 0.0753. The van der Waals surface area contributed by atoms with Crippen molar-refractivity contribution in [1.29, 1.82) is 0 Å². The summed E-state index contributed by atoms with van der Waals surface area (Å²) in [4.78, 5) is 12.1. The van der Waals surface area contributed by atoms with Gasteiger partial charge < -0.3 is 10.1 Å². The van der Waals surface area contributed by atoms with Crippen LogP contribution in [0.25, 0.3) is 0 Å². The molecule has 6 nitrogen and oxygen atoms in total. The lowest BCUT2D eigenvalue weighted by Gasteiger charge is -2.25. The zero-order valence-corrected chi connectivity index (χ0v) is 16.3. The molecule has 0 saturated carbocycles. The minimum atomic E-state index is -3.52. The van der Waals surface area contributed by atoms with Gasteiger partial charge in [0.25, 0.3) is 0 Å². The fraction of sp³-hybridized carbons (Fsp3) is 0.562. The molecule has 0 aromatic heterocycles. The monoisotopic (exact) mass is 418 g/mol. The minimum Gasteiger partial charge on any atom is -0.377 e. The van der Waals surface area contributed by atoms with Crippen molar-refractivity contribution in [2.24, 2.45) is 0 Å². The first-order chi connectivity index (χ1) is 11.3. The van der Waals surface area contributed by atoms with Crippen molar-refractivity contribution in [3.63, 3.8) is 0 Å². The van der Waals surface area contributed by atoms with Gasteiger partial charge in [-0.15, -0.1) is 0 Å². The van der Waals surface area contributed by atoms with Crippen LogP contribution in [0, 0.1) is 6.92 Å². The number of rotatable bonds is 6. The van der Waals surface area contributed by atoms with Gasteiger partial charge >= 0.3 is 0 Å². The Labute approximate surface area is 151 Å². The third kappa shape index (κ3) is 5.54. The van der Waals surface area contributed by atoms with E-state index in [0.29, 0.717) is 12.3 Å². The number of amides is 1. The molecule has 1 atom stereocenters. The molecule has 1 aliphatic heterocycles. The van der Waals surface area contributed by atoms with Crippen molar-refractivity contribution < 1.29 is 17.9 Å². The Balaban J connectivity index is 1.92. The Bertz CT molecular complexity index is 687. The van der Waals surface area contributed by atoms with E-state index in [9.17, 15) is 13.2 Å². The largest absolute Gasteiger partial charge is 0.377 e. The molecule has 2 rings (SSSR count). The maximum atomic E-state index is 12.4. The van der Waals surface area contributed by atoms with Crippen LogP contribution < -0.4 is 5.32 Å². The standard InChI is InChI=1S/C16H23BrN2O4S/c1-12-9-13(17)6-7-15(12)18-16(20)10-19(2)24(21,22)11-14-5-3-4-8-23-14/h6-7,9,14H,3-5,8,10-11H2,1-2H3,(H,18,20). The molecule has 8 heteroatoms. The molecule has 0 bridgehead atoms. The fourth-order valence-electron chi connectivity index (χ4n) is 2.56. The Hall–Kier alpha value is -0.960. The van der Waals surface area contributed by atoms with Crippen LogP contribution in [0.5, 0.6) is 0 Å². The SMILES string of the molecule is Cc1cc(Br)ccc1NC(=O)CN(C)S(=O)(=O)CC1CCCCO1. The number of sulfonamides is 1. The van der Waals surface area contributed by atoms with Crippen molar-refractivity contribution in [2.75, 3.05) is 31.3 Å². The summed E-state index contributed by atoms with van der Waals surface area (Å²) in [6.45, 7) is 2.26. The van der Waals surface area contributed by atoms with Crippen LogP contribution in [0.15, 0.2) is 22.7 Å². The maximum Gasteiger partial charge on any atom is 0.239 e. The molecule has 1 aliphatic rings. The number of ether oxygens (including phenoxy) is 1. The van der Waals surface area contributed by atoms with E-state index in [4.69, 9.17) is 4.74 Å². The predicted octanol–water partition coefficient (Wildman–Crippen LogP) is 2.53. The van der Waals surface area contributed by atoms with Crippen molar-refractivity contribution in [2.45, 2.75) is 32.3 Å². The van der Waals surface area contributed by atoms with Crippen molar-refractivity contribution in [3.05, 3.63) is 28.2 Å². The second-order valence-electron chi connectivity index (χ2n) is 6.03. The first-order valence-electron chi connectivity index (χ1n) is 7.89. The molecule has 0 spiro atoms. The first-order valence-corrected chi connectivity index (χ1v) is 10.3. The zero-order valence-electron chi connectivity index (χ0n) is 13.9. The molecule has 1 N–H and O–H groups in total. The summed E-state index contributed by atoms with van der Waals surface area (Å²) in [7, 11) is -2.10. The molecule has 1 unspecified atom stereocenters. The van der Waals surface area contributed by atoms with Crippen molar-refractivity contribution in [3.8, 4) is 0 Å². The summed E-state index contributed by atoms with van der Waals surface area (Å²) in [5.74, 6) is -0.440. The highest BCUT2D eigenvalue weighted by Gasteiger charge is 2.26. The normalized spacial score (nSPS) is 18.6. The number of likely N-dealkylation sites (N-methyl/N-ethyl adjacent to an activating group) is 1. The molecule has 1 aromatic carbocycles. The molecule has 134 valence electrons. The summed E-state index contributed by atoms with van der Waals surface area (Å²) in [6.07, 6.45) is 2.43. The Kier molecular flexibility index (Phi) is 6.79. The molecule has 1 saturated heterocycles. The Morgan fingerprint density at radius 1 is 1.42 bits per heavy atom. The van der Waals surface area contributed by atoms with E-state index in [1.807, 2.05) is 19.1 Å². The summed E-state index contributed by atoms with van der Waals surface area (Å²) < 4.78 is 32.2. The number of hydrogen-bond donors (Lipinski definition) is 1. The van der Waals surface area contributed by atoms with Crippen molar-refractivity contribution >= 4 is 37.5 Å². The lowest BCUT2D eigenvalue weighted by molar-refractivity contribution is -0.116. The van der Waals surface area contributed by atoms with E-state index in [0.717, 1.165) is 33.6 Å². The van der Waals surface area contributed by atoms with E-state index in [-0.39, 0.29) is 24.3 Å². The van der Waals surface area contributed by atoms with Gasteiger partial charge in [0.05, 0.1) is 18.4 Å². The van der Waals surface area contributed by atoms with Gasteiger partial charge in [-0.05, 0) is 49.9 Å². The number of hydrogen-bond acceptors (Lipinski definition) is 4. The number of nitrogens with zero attached hydrogens (tertiary/aromatic N) is 1. The number of benzene rings is 1. The van der Waals surface area contributed by atoms with Gasteiger partial charge in [0.1, 0.15) is 0 Å².